The molecule has 1 aliphatic rings. The van der Waals surface area contributed by atoms with E-state index >= 15 is 0 Å². The van der Waals surface area contributed by atoms with Crippen LogP contribution in [-0.2, 0) is 4.79 Å². The van der Waals surface area contributed by atoms with Gasteiger partial charge in [0.2, 0.25) is 5.91 Å². The molecule has 1 aromatic carbocycles. The van der Waals surface area contributed by atoms with E-state index in [1.54, 1.807) is 12.1 Å². The van der Waals surface area contributed by atoms with Crippen molar-refractivity contribution >= 4 is 5.91 Å². The van der Waals surface area contributed by atoms with Crippen LogP contribution in [0.5, 0.6) is 0 Å². The maximum absolute atomic E-state index is 13.9. The highest BCUT2D eigenvalue weighted by Crippen LogP contribution is 2.47. The van der Waals surface area contributed by atoms with Crippen molar-refractivity contribution in [3.05, 3.63) is 35.6 Å². The minimum atomic E-state index is -0.569. The van der Waals surface area contributed by atoms with Gasteiger partial charge in [0.05, 0.1) is 5.41 Å². The smallest absolute Gasteiger partial charge is 0.224 e. The lowest BCUT2D eigenvalue weighted by Crippen LogP contribution is -2.43. The minimum absolute atomic E-state index is 0.156. The van der Waals surface area contributed by atoms with E-state index in [0.29, 0.717) is 5.56 Å². The summed E-state index contributed by atoms with van der Waals surface area (Å²) in [5, 5.41) is 0. The van der Waals surface area contributed by atoms with Crippen molar-refractivity contribution in [2.24, 2.45) is 11.1 Å². The quantitative estimate of drug-likeness (QED) is 0.877. The zero-order valence-electron chi connectivity index (χ0n) is 10.8. The second-order valence-electron chi connectivity index (χ2n) is 5.32. The second kappa shape index (κ2) is 5.09. The Balaban J connectivity index is 2.37. The van der Waals surface area contributed by atoms with Gasteiger partial charge in [0.15, 0.2) is 0 Å². The first kappa shape index (κ1) is 13.1. The minimum Gasteiger partial charge on any atom is -0.369 e. The van der Waals surface area contributed by atoms with E-state index in [4.69, 9.17) is 5.73 Å². The molecule has 0 radical (unpaired) electrons. The highest BCUT2D eigenvalue weighted by Gasteiger charge is 2.43. The number of rotatable bonds is 3. The third kappa shape index (κ3) is 2.14. The molecule has 0 aliphatic heterocycles. The third-order valence-electron chi connectivity index (χ3n) is 4.44. The Bertz CT molecular complexity index is 438. The Hall–Kier alpha value is -1.38. The van der Waals surface area contributed by atoms with Crippen LogP contribution in [0.1, 0.15) is 50.5 Å². The Morgan fingerprint density at radius 2 is 1.89 bits per heavy atom. The fourth-order valence-corrected chi connectivity index (χ4v) is 3.20. The van der Waals surface area contributed by atoms with E-state index in [2.05, 4.69) is 0 Å². The van der Waals surface area contributed by atoms with Crippen LogP contribution in [-0.4, -0.2) is 5.91 Å². The summed E-state index contributed by atoms with van der Waals surface area (Å²) in [6.45, 7) is 1.93. The van der Waals surface area contributed by atoms with E-state index in [1.165, 1.54) is 6.07 Å². The van der Waals surface area contributed by atoms with Gasteiger partial charge in [-0.15, -0.1) is 0 Å². The Morgan fingerprint density at radius 3 is 2.44 bits per heavy atom. The molecule has 1 fully saturated rings. The molecular formula is C15H20FNO. The summed E-state index contributed by atoms with van der Waals surface area (Å²) < 4.78 is 13.9. The molecular weight excluding hydrogens is 229 g/mol. The molecule has 0 bridgehead atoms. The number of hydrogen-bond acceptors (Lipinski definition) is 1. The van der Waals surface area contributed by atoms with Crippen molar-refractivity contribution < 1.29 is 9.18 Å². The van der Waals surface area contributed by atoms with Gasteiger partial charge < -0.3 is 5.73 Å². The average Bonchev–Trinajstić information content (AvgIpc) is 2.39. The average molecular weight is 249 g/mol. The molecule has 0 aromatic heterocycles. The van der Waals surface area contributed by atoms with E-state index in [1.807, 2.05) is 13.0 Å². The van der Waals surface area contributed by atoms with Gasteiger partial charge in [-0.2, -0.15) is 0 Å². The predicted molar refractivity (Wildman–Crippen MR) is 69.5 cm³/mol. The molecule has 2 nitrogen and oxygen atoms in total. The van der Waals surface area contributed by atoms with Crippen molar-refractivity contribution in [3.8, 4) is 0 Å². The first-order chi connectivity index (χ1) is 8.58. The number of halogens is 1. The molecule has 1 atom stereocenters. The Morgan fingerprint density at radius 1 is 1.28 bits per heavy atom. The van der Waals surface area contributed by atoms with E-state index < -0.39 is 5.41 Å². The lowest BCUT2D eigenvalue weighted by Gasteiger charge is -2.39. The molecule has 0 heterocycles. The standard InChI is InChI=1S/C15H20FNO/c1-11(12-7-3-4-8-13(12)16)15(14(17)18)9-5-2-6-10-15/h3-4,7-8,11H,2,5-6,9-10H2,1H3,(H2,17,18). The first-order valence-electron chi connectivity index (χ1n) is 6.62. The van der Waals surface area contributed by atoms with Crippen LogP contribution in [0.3, 0.4) is 0 Å². The molecule has 1 unspecified atom stereocenters. The van der Waals surface area contributed by atoms with Gasteiger partial charge in [0, 0.05) is 0 Å². The summed E-state index contributed by atoms with van der Waals surface area (Å²) in [5.41, 5.74) is 5.67. The summed E-state index contributed by atoms with van der Waals surface area (Å²) in [6, 6.07) is 6.69. The van der Waals surface area contributed by atoms with Crippen LogP contribution in [0, 0.1) is 11.2 Å². The maximum atomic E-state index is 13.9. The fraction of sp³-hybridized carbons (Fsp3) is 0.533. The molecule has 1 saturated carbocycles. The van der Waals surface area contributed by atoms with E-state index in [9.17, 15) is 9.18 Å². The van der Waals surface area contributed by atoms with Crippen LogP contribution in [0.4, 0.5) is 4.39 Å². The highest BCUT2D eigenvalue weighted by atomic mass is 19.1. The van der Waals surface area contributed by atoms with Crippen LogP contribution in [0.25, 0.3) is 0 Å². The number of amides is 1. The van der Waals surface area contributed by atoms with Gasteiger partial charge in [-0.05, 0) is 30.4 Å². The zero-order chi connectivity index (χ0) is 13.2. The molecule has 98 valence electrons. The fourth-order valence-electron chi connectivity index (χ4n) is 3.20. The van der Waals surface area contributed by atoms with Gasteiger partial charge in [-0.1, -0.05) is 44.4 Å². The van der Waals surface area contributed by atoms with Crippen molar-refractivity contribution in [2.45, 2.75) is 44.9 Å². The highest BCUT2D eigenvalue weighted by molar-refractivity contribution is 5.82. The van der Waals surface area contributed by atoms with E-state index in [-0.39, 0.29) is 17.6 Å². The van der Waals surface area contributed by atoms with Gasteiger partial charge in [-0.25, -0.2) is 4.39 Å². The van der Waals surface area contributed by atoms with Crippen molar-refractivity contribution in [1.29, 1.82) is 0 Å². The lowest BCUT2D eigenvalue weighted by atomic mass is 9.64. The summed E-state index contributed by atoms with van der Waals surface area (Å²) in [6.07, 6.45) is 4.69. The zero-order valence-corrected chi connectivity index (χ0v) is 10.8. The van der Waals surface area contributed by atoms with Crippen molar-refractivity contribution in [3.63, 3.8) is 0 Å². The van der Waals surface area contributed by atoms with Crippen LogP contribution >= 0.6 is 0 Å². The summed E-state index contributed by atoms with van der Waals surface area (Å²) in [4.78, 5) is 11.9. The molecule has 0 saturated heterocycles. The number of carbonyl (C=O) groups is 1. The monoisotopic (exact) mass is 249 g/mol. The maximum Gasteiger partial charge on any atom is 0.224 e. The summed E-state index contributed by atoms with van der Waals surface area (Å²) in [5.74, 6) is -0.675. The summed E-state index contributed by atoms with van der Waals surface area (Å²) in [7, 11) is 0. The molecule has 0 spiro atoms. The van der Waals surface area contributed by atoms with Crippen LogP contribution in [0.15, 0.2) is 24.3 Å². The predicted octanol–water partition coefficient (Wildman–Crippen LogP) is 3.37. The molecule has 1 aromatic rings. The number of benzene rings is 1. The molecule has 3 heteroatoms. The second-order valence-corrected chi connectivity index (χ2v) is 5.32. The Kier molecular flexibility index (Phi) is 3.69. The number of primary amides is 1. The largest absolute Gasteiger partial charge is 0.369 e. The molecule has 2 rings (SSSR count). The number of carbonyl (C=O) groups excluding carboxylic acids is 1. The normalized spacial score (nSPS) is 20.3. The van der Waals surface area contributed by atoms with Crippen molar-refractivity contribution in [2.75, 3.05) is 0 Å². The third-order valence-corrected chi connectivity index (χ3v) is 4.44. The van der Waals surface area contributed by atoms with Gasteiger partial charge >= 0.3 is 0 Å². The molecule has 2 N–H and O–H groups in total. The van der Waals surface area contributed by atoms with Crippen LogP contribution in [0.2, 0.25) is 0 Å². The lowest BCUT2D eigenvalue weighted by molar-refractivity contribution is -0.130. The first-order valence-corrected chi connectivity index (χ1v) is 6.62. The van der Waals surface area contributed by atoms with E-state index in [0.717, 1.165) is 32.1 Å². The van der Waals surface area contributed by atoms with Gasteiger partial charge in [0.25, 0.3) is 0 Å². The molecule has 1 amide bonds. The van der Waals surface area contributed by atoms with Crippen LogP contribution < -0.4 is 5.73 Å². The van der Waals surface area contributed by atoms with Gasteiger partial charge in [-0.3, -0.25) is 4.79 Å². The number of nitrogens with two attached hydrogens (primary N) is 1. The Labute approximate surface area is 107 Å². The van der Waals surface area contributed by atoms with Gasteiger partial charge in [0.1, 0.15) is 5.82 Å². The topological polar surface area (TPSA) is 43.1 Å². The van der Waals surface area contributed by atoms with Crippen molar-refractivity contribution in [1.82, 2.24) is 0 Å². The summed E-state index contributed by atoms with van der Waals surface area (Å²) >= 11 is 0. The molecule has 18 heavy (non-hydrogen) atoms. The SMILES string of the molecule is CC(c1ccccc1F)C1(C(N)=O)CCCCC1. The molecule has 1 aliphatic carbocycles. The number of hydrogen-bond donors (Lipinski definition) is 1.